The van der Waals surface area contributed by atoms with Crippen LogP contribution in [0.15, 0.2) is 33.9 Å². The van der Waals surface area contributed by atoms with Gasteiger partial charge in [-0.25, -0.2) is 4.98 Å². The van der Waals surface area contributed by atoms with E-state index >= 15 is 0 Å². The van der Waals surface area contributed by atoms with Crippen molar-refractivity contribution in [3.8, 4) is 5.88 Å². The Kier molecular flexibility index (Phi) is 9.87. The summed E-state index contributed by atoms with van der Waals surface area (Å²) >= 11 is 0. The molecule has 0 bridgehead atoms. The van der Waals surface area contributed by atoms with Gasteiger partial charge in [0.1, 0.15) is 6.10 Å². The van der Waals surface area contributed by atoms with Crippen LogP contribution in [0.1, 0.15) is 69.4 Å². The lowest BCUT2D eigenvalue weighted by molar-refractivity contribution is 0.130. The largest absolute Gasteiger partial charge is 0.474 e. The van der Waals surface area contributed by atoms with E-state index in [0.717, 1.165) is 35.8 Å². The third-order valence-corrected chi connectivity index (χ3v) is 5.33. The molecule has 1 aliphatic carbocycles. The van der Waals surface area contributed by atoms with Crippen molar-refractivity contribution >= 4 is 29.9 Å². The maximum Gasteiger partial charge on any atom is 0.213 e. The van der Waals surface area contributed by atoms with Crippen molar-refractivity contribution in [2.45, 2.75) is 71.6 Å². The number of nitrogens with zero attached hydrogens (tertiary/aromatic N) is 3. The van der Waals surface area contributed by atoms with Crippen LogP contribution in [0.3, 0.4) is 0 Å². The molecule has 30 heavy (non-hydrogen) atoms. The molecule has 1 saturated carbocycles. The molecule has 8 heteroatoms. The number of aromatic nitrogens is 2. The van der Waals surface area contributed by atoms with E-state index in [1.807, 2.05) is 18.2 Å². The molecule has 1 fully saturated rings. The number of rotatable bonds is 7. The summed E-state index contributed by atoms with van der Waals surface area (Å²) in [6.07, 6.45) is 6.78. The average molecular weight is 527 g/mol. The minimum absolute atomic E-state index is 0. The number of pyridine rings is 1. The van der Waals surface area contributed by atoms with Crippen molar-refractivity contribution in [2.24, 2.45) is 10.9 Å². The molecule has 2 aromatic heterocycles. The standard InChI is InChI=1S/C22H33N5O2.HI/c1-15(2)20-12-19(29-27-20)14-26-22(23-4)25-13-17-9-10-24-21(11-17)28-18-7-5-16(3)6-8-18;/h9-12,15-16,18H,5-8,13-14H2,1-4H3,(H2,23,25,26);1H. The van der Waals surface area contributed by atoms with Crippen LogP contribution in [0.4, 0.5) is 0 Å². The predicted octanol–water partition coefficient (Wildman–Crippen LogP) is 4.63. The van der Waals surface area contributed by atoms with Crippen LogP contribution in [-0.2, 0) is 13.1 Å². The fourth-order valence-corrected chi connectivity index (χ4v) is 3.40. The number of guanidine groups is 1. The van der Waals surface area contributed by atoms with Crippen LogP contribution in [0.25, 0.3) is 0 Å². The molecule has 3 rings (SSSR count). The first-order valence-electron chi connectivity index (χ1n) is 10.5. The molecule has 166 valence electrons. The van der Waals surface area contributed by atoms with Gasteiger partial charge in [-0.3, -0.25) is 4.99 Å². The van der Waals surface area contributed by atoms with E-state index in [1.165, 1.54) is 12.8 Å². The highest BCUT2D eigenvalue weighted by molar-refractivity contribution is 14.0. The molecule has 0 amide bonds. The second kappa shape index (κ2) is 12.1. The van der Waals surface area contributed by atoms with Gasteiger partial charge in [0.05, 0.1) is 12.2 Å². The van der Waals surface area contributed by atoms with Gasteiger partial charge >= 0.3 is 0 Å². The molecule has 2 N–H and O–H groups in total. The van der Waals surface area contributed by atoms with Crippen molar-refractivity contribution in [1.82, 2.24) is 20.8 Å². The number of hydrogen-bond acceptors (Lipinski definition) is 5. The van der Waals surface area contributed by atoms with Crippen molar-refractivity contribution in [3.63, 3.8) is 0 Å². The zero-order valence-electron chi connectivity index (χ0n) is 18.4. The Hall–Kier alpha value is -1.84. The highest BCUT2D eigenvalue weighted by Crippen LogP contribution is 2.26. The quantitative estimate of drug-likeness (QED) is 0.310. The number of aliphatic imine (C=N–C) groups is 1. The van der Waals surface area contributed by atoms with Gasteiger partial charge in [-0.05, 0) is 49.1 Å². The minimum Gasteiger partial charge on any atom is -0.474 e. The topological polar surface area (TPSA) is 84.6 Å². The Bertz CT molecular complexity index is 800. The molecule has 0 radical (unpaired) electrons. The highest BCUT2D eigenvalue weighted by Gasteiger charge is 2.20. The Morgan fingerprint density at radius 3 is 2.60 bits per heavy atom. The number of ether oxygens (including phenoxy) is 1. The molecule has 0 atom stereocenters. The Morgan fingerprint density at radius 1 is 1.20 bits per heavy atom. The summed E-state index contributed by atoms with van der Waals surface area (Å²) in [5, 5.41) is 10.6. The molecule has 2 heterocycles. The number of halogens is 1. The summed E-state index contributed by atoms with van der Waals surface area (Å²) in [7, 11) is 1.75. The molecule has 0 saturated heterocycles. The van der Waals surface area contributed by atoms with Gasteiger partial charge in [-0.15, -0.1) is 24.0 Å². The van der Waals surface area contributed by atoms with Crippen LogP contribution in [-0.4, -0.2) is 29.3 Å². The number of nitrogens with one attached hydrogen (secondary N) is 2. The van der Waals surface area contributed by atoms with Gasteiger partial charge in [0.25, 0.3) is 0 Å². The summed E-state index contributed by atoms with van der Waals surface area (Å²) < 4.78 is 11.5. The number of hydrogen-bond donors (Lipinski definition) is 2. The minimum atomic E-state index is 0. The smallest absolute Gasteiger partial charge is 0.213 e. The van der Waals surface area contributed by atoms with Crippen LogP contribution < -0.4 is 15.4 Å². The van der Waals surface area contributed by atoms with E-state index in [1.54, 1.807) is 13.2 Å². The normalized spacial score (nSPS) is 19.3. The van der Waals surface area contributed by atoms with Crippen LogP contribution in [0.5, 0.6) is 5.88 Å². The SMILES string of the molecule is CN=C(NCc1ccnc(OC2CCC(C)CC2)c1)NCc1cc(C(C)C)no1.I. The third-order valence-electron chi connectivity index (χ3n) is 5.33. The lowest BCUT2D eigenvalue weighted by Gasteiger charge is -2.26. The van der Waals surface area contributed by atoms with Gasteiger partial charge < -0.3 is 19.9 Å². The Labute approximate surface area is 196 Å². The molecular weight excluding hydrogens is 493 g/mol. The Balaban J connectivity index is 0.00000320. The maximum absolute atomic E-state index is 6.10. The lowest BCUT2D eigenvalue weighted by Crippen LogP contribution is -2.36. The fraction of sp³-hybridized carbons (Fsp3) is 0.591. The van der Waals surface area contributed by atoms with Crippen molar-refractivity contribution < 1.29 is 9.26 Å². The van der Waals surface area contributed by atoms with Crippen molar-refractivity contribution in [2.75, 3.05) is 7.05 Å². The molecule has 0 spiro atoms. The molecular formula is C22H34IN5O2. The van der Waals surface area contributed by atoms with E-state index in [9.17, 15) is 0 Å². The first kappa shape index (κ1) is 24.4. The molecule has 1 aliphatic rings. The summed E-state index contributed by atoms with van der Waals surface area (Å²) in [4.78, 5) is 8.65. The van der Waals surface area contributed by atoms with E-state index in [-0.39, 0.29) is 30.1 Å². The monoisotopic (exact) mass is 527 g/mol. The van der Waals surface area contributed by atoms with Gasteiger partial charge in [0.15, 0.2) is 11.7 Å². The summed E-state index contributed by atoms with van der Waals surface area (Å²) in [5.74, 6) is 3.36. The summed E-state index contributed by atoms with van der Waals surface area (Å²) in [6, 6.07) is 5.97. The molecule has 0 unspecified atom stereocenters. The summed E-state index contributed by atoms with van der Waals surface area (Å²) in [6.45, 7) is 7.67. The van der Waals surface area contributed by atoms with Crippen molar-refractivity contribution in [1.29, 1.82) is 0 Å². The molecule has 2 aromatic rings. The molecule has 7 nitrogen and oxygen atoms in total. The fourth-order valence-electron chi connectivity index (χ4n) is 3.40. The van der Waals surface area contributed by atoms with Gasteiger partial charge in [0, 0.05) is 31.9 Å². The second-order valence-electron chi connectivity index (χ2n) is 8.15. The van der Waals surface area contributed by atoms with E-state index in [2.05, 4.69) is 46.5 Å². The van der Waals surface area contributed by atoms with E-state index in [4.69, 9.17) is 9.26 Å². The van der Waals surface area contributed by atoms with Gasteiger partial charge in [0.2, 0.25) is 5.88 Å². The van der Waals surface area contributed by atoms with Crippen molar-refractivity contribution in [3.05, 3.63) is 41.4 Å². The molecule has 0 aromatic carbocycles. The van der Waals surface area contributed by atoms with Gasteiger partial charge in [-0.2, -0.15) is 0 Å². The van der Waals surface area contributed by atoms with E-state index in [0.29, 0.717) is 30.8 Å². The lowest BCUT2D eigenvalue weighted by atomic mass is 9.89. The third kappa shape index (κ3) is 7.45. The first-order valence-corrected chi connectivity index (χ1v) is 10.5. The van der Waals surface area contributed by atoms with Crippen LogP contribution >= 0.6 is 24.0 Å². The first-order chi connectivity index (χ1) is 14.0. The summed E-state index contributed by atoms with van der Waals surface area (Å²) in [5.41, 5.74) is 2.06. The maximum atomic E-state index is 6.10. The molecule has 0 aliphatic heterocycles. The Morgan fingerprint density at radius 2 is 1.93 bits per heavy atom. The zero-order valence-corrected chi connectivity index (χ0v) is 20.7. The van der Waals surface area contributed by atoms with Crippen LogP contribution in [0, 0.1) is 5.92 Å². The zero-order chi connectivity index (χ0) is 20.6. The predicted molar refractivity (Wildman–Crippen MR) is 129 cm³/mol. The van der Waals surface area contributed by atoms with Crippen LogP contribution in [0.2, 0.25) is 0 Å². The second-order valence-corrected chi connectivity index (χ2v) is 8.15. The average Bonchev–Trinajstić information content (AvgIpc) is 3.20. The van der Waals surface area contributed by atoms with Gasteiger partial charge in [-0.1, -0.05) is 25.9 Å². The van der Waals surface area contributed by atoms with E-state index < -0.39 is 0 Å². The highest BCUT2D eigenvalue weighted by atomic mass is 127.